The molecule has 0 aliphatic heterocycles. The molecule has 2 aromatic rings. The molecule has 0 aromatic heterocycles. The van der Waals surface area contributed by atoms with Crippen molar-refractivity contribution >= 4 is 17.3 Å². The number of hydrogen-bond acceptors (Lipinski definition) is 4. The molecule has 0 saturated carbocycles. The van der Waals surface area contributed by atoms with Gasteiger partial charge in [-0.1, -0.05) is 54.6 Å². The van der Waals surface area contributed by atoms with Crippen molar-refractivity contribution in [1.29, 1.82) is 5.26 Å². The zero-order valence-electron chi connectivity index (χ0n) is 11.7. The molecule has 0 radical (unpaired) electrons. The number of nitrogens with zero attached hydrogens (tertiary/aromatic N) is 2. The van der Waals surface area contributed by atoms with E-state index >= 15 is 0 Å². The summed E-state index contributed by atoms with van der Waals surface area (Å²) in [6, 6.07) is 18.1. The van der Waals surface area contributed by atoms with E-state index in [1.54, 1.807) is 24.3 Å². The lowest BCUT2D eigenvalue weighted by Gasteiger charge is -2.00. The molecule has 0 bridgehead atoms. The molecule has 4 heteroatoms. The average molecular weight is 288 g/mol. The molecule has 4 nitrogen and oxygen atoms in total. The molecule has 0 fully saturated rings. The van der Waals surface area contributed by atoms with Crippen LogP contribution in [-0.4, -0.2) is 16.6 Å². The highest BCUT2D eigenvalue weighted by Crippen LogP contribution is 2.31. The third-order valence-electron chi connectivity index (χ3n) is 3.50. The van der Waals surface area contributed by atoms with Gasteiger partial charge in [0.1, 0.15) is 17.4 Å². The summed E-state index contributed by atoms with van der Waals surface area (Å²) in [7, 11) is 0. The summed E-state index contributed by atoms with van der Waals surface area (Å²) in [6.07, 6.45) is 0. The Morgan fingerprint density at radius 2 is 1.68 bits per heavy atom. The van der Waals surface area contributed by atoms with Crippen LogP contribution < -0.4 is 0 Å². The summed E-state index contributed by atoms with van der Waals surface area (Å²) in [5.41, 5.74) is 1.73. The Kier molecular flexibility index (Phi) is 3.55. The number of aliphatic imine (C=N–C) groups is 1. The van der Waals surface area contributed by atoms with Gasteiger partial charge in [0, 0.05) is 11.1 Å². The SMILES string of the molecule is N#CC(=NCc1ccccc1)C1=C(O)c2ccccc2C1=O. The minimum atomic E-state index is -0.360. The van der Waals surface area contributed by atoms with Crippen molar-refractivity contribution in [3.63, 3.8) is 0 Å². The van der Waals surface area contributed by atoms with E-state index in [-0.39, 0.29) is 29.4 Å². The minimum Gasteiger partial charge on any atom is -0.506 e. The lowest BCUT2D eigenvalue weighted by Crippen LogP contribution is -2.09. The van der Waals surface area contributed by atoms with E-state index < -0.39 is 0 Å². The van der Waals surface area contributed by atoms with Crippen molar-refractivity contribution in [1.82, 2.24) is 0 Å². The molecular weight excluding hydrogens is 276 g/mol. The fourth-order valence-corrected chi connectivity index (χ4v) is 2.41. The van der Waals surface area contributed by atoms with Crippen LogP contribution >= 0.6 is 0 Å². The Labute approximate surface area is 127 Å². The molecule has 0 saturated heterocycles. The number of hydrogen-bond donors (Lipinski definition) is 1. The maximum atomic E-state index is 12.4. The van der Waals surface area contributed by atoms with E-state index in [1.807, 2.05) is 36.4 Å². The molecule has 0 atom stereocenters. The van der Waals surface area contributed by atoms with E-state index in [0.717, 1.165) is 5.56 Å². The predicted octanol–water partition coefficient (Wildman–Crippen LogP) is 3.32. The number of allylic oxidation sites excluding steroid dienone is 1. The van der Waals surface area contributed by atoms with Gasteiger partial charge in [0.25, 0.3) is 0 Å². The quantitative estimate of drug-likeness (QED) is 0.880. The Bertz CT molecular complexity index is 843. The van der Waals surface area contributed by atoms with Gasteiger partial charge >= 0.3 is 0 Å². The van der Waals surface area contributed by atoms with E-state index in [1.165, 1.54) is 0 Å². The van der Waals surface area contributed by atoms with Crippen molar-refractivity contribution in [3.05, 3.63) is 76.9 Å². The highest BCUT2D eigenvalue weighted by Gasteiger charge is 2.32. The van der Waals surface area contributed by atoms with Crippen LogP contribution in [-0.2, 0) is 6.54 Å². The van der Waals surface area contributed by atoms with Gasteiger partial charge < -0.3 is 5.11 Å². The zero-order valence-corrected chi connectivity index (χ0v) is 11.7. The lowest BCUT2D eigenvalue weighted by atomic mass is 10.1. The summed E-state index contributed by atoms with van der Waals surface area (Å²) in [4.78, 5) is 16.6. The Hall–Kier alpha value is -3.19. The van der Waals surface area contributed by atoms with Crippen molar-refractivity contribution in [2.45, 2.75) is 6.54 Å². The first-order chi connectivity index (χ1) is 10.7. The number of carbonyl (C=O) groups is 1. The van der Waals surface area contributed by atoms with E-state index in [9.17, 15) is 15.2 Å². The predicted molar refractivity (Wildman–Crippen MR) is 83.5 cm³/mol. The van der Waals surface area contributed by atoms with Gasteiger partial charge in [-0.3, -0.25) is 9.79 Å². The number of aliphatic hydroxyl groups excluding tert-OH is 1. The van der Waals surface area contributed by atoms with Gasteiger partial charge in [-0.15, -0.1) is 0 Å². The van der Waals surface area contributed by atoms with Gasteiger partial charge in [-0.25, -0.2) is 0 Å². The van der Waals surface area contributed by atoms with Crippen LogP contribution in [0, 0.1) is 11.3 Å². The summed E-state index contributed by atoms with van der Waals surface area (Å²) < 4.78 is 0. The first kappa shape index (κ1) is 13.8. The smallest absolute Gasteiger partial charge is 0.200 e. The summed E-state index contributed by atoms with van der Waals surface area (Å²) >= 11 is 0. The van der Waals surface area contributed by atoms with E-state index in [2.05, 4.69) is 4.99 Å². The average Bonchev–Trinajstić information content (AvgIpc) is 2.82. The monoisotopic (exact) mass is 288 g/mol. The summed E-state index contributed by atoms with van der Waals surface area (Å²) in [5, 5.41) is 19.5. The lowest BCUT2D eigenvalue weighted by molar-refractivity contribution is 0.104. The second kappa shape index (κ2) is 5.66. The second-order valence-corrected chi connectivity index (χ2v) is 4.86. The van der Waals surface area contributed by atoms with Crippen molar-refractivity contribution in [3.8, 4) is 6.07 Å². The fourth-order valence-electron chi connectivity index (χ4n) is 2.41. The second-order valence-electron chi connectivity index (χ2n) is 4.86. The zero-order chi connectivity index (χ0) is 15.5. The molecule has 1 aliphatic carbocycles. The molecule has 1 N–H and O–H groups in total. The Morgan fingerprint density at radius 1 is 1.05 bits per heavy atom. The molecule has 1 aliphatic rings. The number of carbonyl (C=O) groups excluding carboxylic acids is 1. The molecule has 106 valence electrons. The van der Waals surface area contributed by atoms with Crippen LogP contribution in [0.25, 0.3) is 5.76 Å². The van der Waals surface area contributed by atoms with Gasteiger partial charge in [-0.2, -0.15) is 5.26 Å². The molecular formula is C18H12N2O2. The van der Waals surface area contributed by atoms with Crippen LogP contribution in [0.5, 0.6) is 0 Å². The largest absolute Gasteiger partial charge is 0.506 e. The molecule has 0 heterocycles. The summed E-state index contributed by atoms with van der Waals surface area (Å²) in [6.45, 7) is 0.282. The van der Waals surface area contributed by atoms with Crippen LogP contribution in [0.15, 0.2) is 65.2 Å². The molecule has 0 unspecified atom stereocenters. The van der Waals surface area contributed by atoms with Crippen LogP contribution in [0.4, 0.5) is 0 Å². The standard InChI is InChI=1S/C18H12N2O2/c19-10-15(20-11-12-6-2-1-3-7-12)16-17(21)13-8-4-5-9-14(13)18(16)22/h1-9,21H,11H2. The van der Waals surface area contributed by atoms with E-state index in [0.29, 0.717) is 11.1 Å². The first-order valence-corrected chi connectivity index (χ1v) is 6.78. The number of aliphatic hydroxyl groups is 1. The van der Waals surface area contributed by atoms with Gasteiger partial charge in [-0.05, 0) is 5.56 Å². The number of Topliss-reactive ketones (excluding diaryl/α,β-unsaturated/α-hetero) is 1. The maximum absolute atomic E-state index is 12.4. The Morgan fingerprint density at radius 3 is 2.32 bits per heavy atom. The molecule has 2 aromatic carbocycles. The van der Waals surface area contributed by atoms with Crippen LogP contribution in [0.3, 0.4) is 0 Å². The maximum Gasteiger partial charge on any atom is 0.200 e. The topological polar surface area (TPSA) is 73.4 Å². The third-order valence-corrected chi connectivity index (χ3v) is 3.50. The third kappa shape index (κ3) is 2.29. The Balaban J connectivity index is 1.97. The highest BCUT2D eigenvalue weighted by molar-refractivity contribution is 6.39. The molecule has 22 heavy (non-hydrogen) atoms. The number of fused-ring (bicyclic) bond motifs is 1. The molecule has 3 rings (SSSR count). The van der Waals surface area contributed by atoms with Crippen LogP contribution in [0.1, 0.15) is 21.5 Å². The van der Waals surface area contributed by atoms with Gasteiger partial charge in [0.05, 0.1) is 6.54 Å². The van der Waals surface area contributed by atoms with Gasteiger partial charge in [0.15, 0.2) is 11.5 Å². The fraction of sp³-hybridized carbons (Fsp3) is 0.0556. The van der Waals surface area contributed by atoms with Gasteiger partial charge in [0.2, 0.25) is 0 Å². The number of ketones is 1. The summed E-state index contributed by atoms with van der Waals surface area (Å²) in [5.74, 6) is -0.532. The van der Waals surface area contributed by atoms with Crippen molar-refractivity contribution in [2.24, 2.45) is 4.99 Å². The normalized spacial score (nSPS) is 14.0. The minimum absolute atomic E-state index is 0.0142. The first-order valence-electron chi connectivity index (χ1n) is 6.78. The van der Waals surface area contributed by atoms with Crippen LogP contribution in [0.2, 0.25) is 0 Å². The molecule has 0 spiro atoms. The highest BCUT2D eigenvalue weighted by atomic mass is 16.3. The van der Waals surface area contributed by atoms with Crippen molar-refractivity contribution in [2.75, 3.05) is 0 Å². The van der Waals surface area contributed by atoms with E-state index in [4.69, 9.17) is 0 Å². The van der Waals surface area contributed by atoms with Crippen molar-refractivity contribution < 1.29 is 9.90 Å². The number of nitriles is 1. The number of benzene rings is 2. The molecule has 0 amide bonds. The number of rotatable bonds is 3.